The Labute approximate surface area is 329 Å². The number of carboxylic acids is 2. The van der Waals surface area contributed by atoms with Gasteiger partial charge in [-0.1, -0.05) is 110 Å². The highest BCUT2D eigenvalue weighted by Gasteiger charge is 2.20. The van der Waals surface area contributed by atoms with Gasteiger partial charge in [0.25, 0.3) is 0 Å². The molecule has 0 heterocycles. The molecule has 9 heteroatoms. The fourth-order valence-electron chi connectivity index (χ4n) is 6.47. The minimum absolute atomic E-state index is 0.0546. The summed E-state index contributed by atoms with van der Waals surface area (Å²) in [6.07, 6.45) is 22.2. The van der Waals surface area contributed by atoms with E-state index in [0.29, 0.717) is 43.4 Å². The molecule has 9 nitrogen and oxygen atoms in total. The Bertz CT molecular complexity index is 1500. The van der Waals surface area contributed by atoms with E-state index in [1.165, 1.54) is 106 Å². The number of hydrogen-bond donors (Lipinski definition) is 2. The quantitative estimate of drug-likeness (QED) is 0.0622. The van der Waals surface area contributed by atoms with Crippen LogP contribution in [0.1, 0.15) is 163 Å². The van der Waals surface area contributed by atoms with Gasteiger partial charge < -0.3 is 24.4 Å². The maximum Gasteiger partial charge on any atom is 0.335 e. The average molecular weight is 760 g/mol. The van der Waals surface area contributed by atoms with Crippen molar-refractivity contribution < 1.29 is 38.8 Å². The first kappa shape index (κ1) is 44.9. The highest BCUT2D eigenvalue weighted by molar-refractivity contribution is 6.02. The molecule has 0 spiro atoms. The second-order valence-electron chi connectivity index (χ2n) is 14.4. The summed E-state index contributed by atoms with van der Waals surface area (Å²) in [6, 6.07) is 18.0. The standard InChI is InChI=1S/C46H65NO8/c1-3-5-7-9-11-13-15-19-30-53-41-34-42(54-31-20-16-14-12-10-8-6-4-2)36-43(35-41)55-32-21-17-18-25-44(48)47(39-28-26-37(27-29-39)45(49)50)40-24-22-23-38(33-40)46(51)52/h22-24,26-29,33-36H,3-21,25,30-32H2,1-2H3,(H,49,50)(H,51,52). The van der Waals surface area contributed by atoms with Crippen LogP contribution in [0.5, 0.6) is 17.2 Å². The maximum atomic E-state index is 13.6. The van der Waals surface area contributed by atoms with Crippen molar-refractivity contribution >= 4 is 29.2 Å². The van der Waals surface area contributed by atoms with Gasteiger partial charge >= 0.3 is 11.9 Å². The van der Waals surface area contributed by atoms with Crippen LogP contribution < -0.4 is 19.1 Å². The van der Waals surface area contributed by atoms with Gasteiger partial charge in [-0.15, -0.1) is 0 Å². The maximum absolute atomic E-state index is 13.6. The number of rotatable bonds is 31. The Morgan fingerprint density at radius 3 is 1.33 bits per heavy atom. The molecule has 55 heavy (non-hydrogen) atoms. The first-order valence-corrected chi connectivity index (χ1v) is 20.9. The summed E-state index contributed by atoms with van der Waals surface area (Å²) in [7, 11) is 0. The Balaban J connectivity index is 1.52. The van der Waals surface area contributed by atoms with Crippen molar-refractivity contribution in [1.29, 1.82) is 0 Å². The number of nitrogens with zero attached hydrogens (tertiary/aromatic N) is 1. The number of aromatic carboxylic acids is 2. The third-order valence-electron chi connectivity index (χ3n) is 9.66. The number of anilines is 2. The normalized spacial score (nSPS) is 10.9. The molecule has 2 N–H and O–H groups in total. The smallest absolute Gasteiger partial charge is 0.335 e. The van der Waals surface area contributed by atoms with Crippen molar-refractivity contribution in [2.45, 2.75) is 142 Å². The lowest BCUT2D eigenvalue weighted by Crippen LogP contribution is -2.26. The second kappa shape index (κ2) is 27.1. The second-order valence-corrected chi connectivity index (χ2v) is 14.4. The van der Waals surface area contributed by atoms with Crippen LogP contribution >= 0.6 is 0 Å². The lowest BCUT2D eigenvalue weighted by Gasteiger charge is -2.23. The van der Waals surface area contributed by atoms with Crippen molar-refractivity contribution in [3.8, 4) is 17.2 Å². The third-order valence-corrected chi connectivity index (χ3v) is 9.66. The number of benzene rings is 3. The van der Waals surface area contributed by atoms with Crippen LogP contribution in [-0.4, -0.2) is 47.9 Å². The number of carbonyl (C=O) groups is 3. The van der Waals surface area contributed by atoms with Crippen LogP contribution in [0.4, 0.5) is 11.4 Å². The zero-order valence-corrected chi connectivity index (χ0v) is 33.4. The Kier molecular flexibility index (Phi) is 22.1. The summed E-state index contributed by atoms with van der Waals surface area (Å²) in [6.45, 7) is 6.27. The van der Waals surface area contributed by atoms with E-state index in [-0.39, 0.29) is 23.5 Å². The van der Waals surface area contributed by atoms with Gasteiger partial charge in [0.1, 0.15) is 17.2 Å². The Morgan fingerprint density at radius 2 is 0.891 bits per heavy atom. The van der Waals surface area contributed by atoms with Crippen LogP contribution in [0.3, 0.4) is 0 Å². The predicted molar refractivity (Wildman–Crippen MR) is 221 cm³/mol. The van der Waals surface area contributed by atoms with Crippen LogP contribution in [0.15, 0.2) is 66.7 Å². The summed E-state index contributed by atoms with van der Waals surface area (Å²) in [5.74, 6) is -0.185. The summed E-state index contributed by atoms with van der Waals surface area (Å²) in [5.41, 5.74) is 1.02. The van der Waals surface area contributed by atoms with E-state index in [2.05, 4.69) is 13.8 Å². The molecule has 0 bridgehead atoms. The third kappa shape index (κ3) is 18.1. The minimum atomic E-state index is -1.10. The van der Waals surface area contributed by atoms with Crippen molar-refractivity contribution in [3.05, 3.63) is 77.9 Å². The fraction of sp³-hybridized carbons (Fsp3) is 0.543. The first-order valence-electron chi connectivity index (χ1n) is 20.9. The van der Waals surface area contributed by atoms with E-state index in [1.807, 2.05) is 18.2 Å². The molecule has 302 valence electrons. The minimum Gasteiger partial charge on any atom is -0.493 e. The molecular formula is C46H65NO8. The lowest BCUT2D eigenvalue weighted by atomic mass is 10.1. The number of amides is 1. The average Bonchev–Trinajstić information content (AvgIpc) is 3.18. The largest absolute Gasteiger partial charge is 0.493 e. The monoisotopic (exact) mass is 759 g/mol. The molecule has 0 fully saturated rings. The van der Waals surface area contributed by atoms with Gasteiger partial charge in [-0.3, -0.25) is 9.69 Å². The molecule has 1 amide bonds. The molecule has 3 rings (SSSR count). The summed E-state index contributed by atoms with van der Waals surface area (Å²) < 4.78 is 18.5. The molecule has 0 unspecified atom stereocenters. The molecule has 0 aliphatic carbocycles. The molecule has 0 atom stereocenters. The van der Waals surface area contributed by atoms with Gasteiger partial charge in [-0.05, 0) is 74.6 Å². The summed E-state index contributed by atoms with van der Waals surface area (Å²) >= 11 is 0. The Hall–Kier alpha value is -4.53. The van der Waals surface area contributed by atoms with Crippen LogP contribution in [-0.2, 0) is 4.79 Å². The molecule has 0 aliphatic rings. The number of hydrogen-bond acceptors (Lipinski definition) is 6. The Morgan fingerprint density at radius 1 is 0.473 bits per heavy atom. The van der Waals surface area contributed by atoms with E-state index in [9.17, 15) is 24.6 Å². The first-order chi connectivity index (χ1) is 26.8. The number of carbonyl (C=O) groups excluding carboxylic acids is 1. The highest BCUT2D eigenvalue weighted by Crippen LogP contribution is 2.30. The predicted octanol–water partition coefficient (Wildman–Crippen LogP) is 12.4. The van der Waals surface area contributed by atoms with Gasteiger partial charge in [0.05, 0.1) is 30.9 Å². The van der Waals surface area contributed by atoms with Crippen molar-refractivity contribution in [2.75, 3.05) is 24.7 Å². The van der Waals surface area contributed by atoms with E-state index in [1.54, 1.807) is 24.3 Å². The van der Waals surface area contributed by atoms with Crippen LogP contribution in [0.25, 0.3) is 0 Å². The van der Waals surface area contributed by atoms with E-state index in [4.69, 9.17) is 14.2 Å². The van der Waals surface area contributed by atoms with E-state index < -0.39 is 11.9 Å². The van der Waals surface area contributed by atoms with Crippen molar-refractivity contribution in [2.24, 2.45) is 0 Å². The summed E-state index contributed by atoms with van der Waals surface area (Å²) in [4.78, 5) is 38.1. The van der Waals surface area contributed by atoms with Crippen molar-refractivity contribution in [3.63, 3.8) is 0 Å². The summed E-state index contributed by atoms with van der Waals surface area (Å²) in [5, 5.41) is 18.9. The molecule has 3 aromatic carbocycles. The van der Waals surface area contributed by atoms with Crippen LogP contribution in [0, 0.1) is 0 Å². The van der Waals surface area contributed by atoms with Gasteiger partial charge in [-0.2, -0.15) is 0 Å². The van der Waals surface area contributed by atoms with Gasteiger partial charge in [0, 0.05) is 36.0 Å². The topological polar surface area (TPSA) is 123 Å². The van der Waals surface area contributed by atoms with Gasteiger partial charge in [0.2, 0.25) is 5.91 Å². The molecule has 0 aromatic heterocycles. The van der Waals surface area contributed by atoms with Crippen molar-refractivity contribution in [1.82, 2.24) is 0 Å². The van der Waals surface area contributed by atoms with E-state index in [0.717, 1.165) is 50.0 Å². The number of ether oxygens (including phenoxy) is 3. The van der Waals surface area contributed by atoms with Gasteiger partial charge in [-0.25, -0.2) is 9.59 Å². The lowest BCUT2D eigenvalue weighted by molar-refractivity contribution is -0.118. The number of unbranched alkanes of at least 4 members (excludes halogenated alkanes) is 16. The fourth-order valence-corrected chi connectivity index (χ4v) is 6.47. The molecular weight excluding hydrogens is 695 g/mol. The van der Waals surface area contributed by atoms with E-state index >= 15 is 0 Å². The van der Waals surface area contributed by atoms with Crippen LogP contribution in [0.2, 0.25) is 0 Å². The zero-order chi connectivity index (χ0) is 39.5. The molecule has 0 saturated heterocycles. The zero-order valence-electron chi connectivity index (χ0n) is 33.4. The SMILES string of the molecule is CCCCCCCCCCOc1cc(OCCCCCCCCCC)cc(OCCCCCC(=O)N(c2ccc(C(=O)O)cc2)c2cccc(C(=O)O)c2)c1. The molecule has 0 aliphatic heterocycles. The number of carboxylic acid groups (broad SMARTS) is 2. The molecule has 0 saturated carbocycles. The molecule has 3 aromatic rings. The molecule has 0 radical (unpaired) electrons. The highest BCUT2D eigenvalue weighted by atomic mass is 16.5. The van der Waals surface area contributed by atoms with Gasteiger partial charge in [0.15, 0.2) is 0 Å².